The number of furan rings is 1. The van der Waals surface area contributed by atoms with Crippen LogP contribution in [0.5, 0.6) is 0 Å². The monoisotopic (exact) mass is 301 g/mol. The third-order valence-electron chi connectivity index (χ3n) is 3.26. The second-order valence-corrected chi connectivity index (χ2v) is 5.15. The largest absolute Gasteiger partial charge is 0.481 e. The summed E-state index contributed by atoms with van der Waals surface area (Å²) in [5, 5.41) is 11.5. The molecule has 1 aromatic heterocycles. The van der Waals surface area contributed by atoms with Crippen molar-refractivity contribution in [1.82, 2.24) is 0 Å². The van der Waals surface area contributed by atoms with E-state index in [2.05, 4.69) is 5.32 Å². The minimum atomic E-state index is -0.814. The first kappa shape index (κ1) is 15.8. The van der Waals surface area contributed by atoms with Crippen molar-refractivity contribution in [3.63, 3.8) is 0 Å². The van der Waals surface area contributed by atoms with Crippen LogP contribution in [0.1, 0.15) is 29.9 Å². The van der Waals surface area contributed by atoms with Crippen LogP contribution in [0.25, 0.3) is 0 Å². The molecule has 5 nitrogen and oxygen atoms in total. The summed E-state index contributed by atoms with van der Waals surface area (Å²) in [5.41, 5.74) is 1.64. The van der Waals surface area contributed by atoms with Gasteiger partial charge in [-0.2, -0.15) is 0 Å². The molecule has 22 heavy (non-hydrogen) atoms. The zero-order chi connectivity index (χ0) is 15.9. The maximum atomic E-state index is 11.9. The van der Waals surface area contributed by atoms with Gasteiger partial charge < -0.3 is 14.8 Å². The second-order valence-electron chi connectivity index (χ2n) is 5.15. The summed E-state index contributed by atoms with van der Waals surface area (Å²) >= 11 is 0. The highest BCUT2D eigenvalue weighted by Gasteiger charge is 2.06. The molecule has 2 aromatic rings. The Morgan fingerprint density at radius 2 is 1.77 bits per heavy atom. The van der Waals surface area contributed by atoms with E-state index in [-0.39, 0.29) is 12.3 Å². The molecule has 0 aliphatic heterocycles. The van der Waals surface area contributed by atoms with Crippen molar-refractivity contribution in [3.05, 3.63) is 53.5 Å². The predicted molar refractivity (Wildman–Crippen MR) is 82.8 cm³/mol. The molecule has 2 N–H and O–H groups in total. The van der Waals surface area contributed by atoms with Crippen LogP contribution in [-0.4, -0.2) is 17.0 Å². The molecular formula is C17H19NO4. The summed E-state index contributed by atoms with van der Waals surface area (Å²) in [6.07, 6.45) is 1.51. The molecule has 5 heteroatoms. The van der Waals surface area contributed by atoms with Gasteiger partial charge in [-0.25, -0.2) is 0 Å². The lowest BCUT2D eigenvalue weighted by Gasteiger charge is -2.06. The lowest BCUT2D eigenvalue weighted by Crippen LogP contribution is -2.12. The number of aryl methyl sites for hydroxylation is 3. The predicted octanol–water partition coefficient (Wildman–Crippen LogP) is 3.18. The van der Waals surface area contributed by atoms with Gasteiger partial charge in [0.1, 0.15) is 11.5 Å². The number of rotatable bonds is 7. The molecule has 0 saturated carbocycles. The highest BCUT2D eigenvalue weighted by Crippen LogP contribution is 2.13. The fourth-order valence-corrected chi connectivity index (χ4v) is 2.09. The molecule has 0 fully saturated rings. The molecule has 0 unspecified atom stereocenters. The first-order valence-electron chi connectivity index (χ1n) is 7.19. The van der Waals surface area contributed by atoms with Gasteiger partial charge in [-0.05, 0) is 43.2 Å². The molecule has 0 radical (unpaired) electrons. The zero-order valence-corrected chi connectivity index (χ0v) is 12.5. The highest BCUT2D eigenvalue weighted by molar-refractivity contribution is 5.90. The standard InChI is InChI=1S/C17H19NO4/c1-12-2-8-15(22-12)9-10-16(19)18-14-6-3-13(4-7-14)5-11-17(20)21/h2-4,6-8H,5,9-11H2,1H3,(H,18,19)(H,20,21). The second kappa shape index (κ2) is 7.45. The normalized spacial score (nSPS) is 10.4. The number of amides is 1. The molecule has 2 rings (SSSR count). The number of anilines is 1. The van der Waals surface area contributed by atoms with Gasteiger partial charge >= 0.3 is 5.97 Å². The first-order valence-corrected chi connectivity index (χ1v) is 7.19. The number of carboxylic acids is 1. The van der Waals surface area contributed by atoms with Crippen molar-refractivity contribution in [2.24, 2.45) is 0 Å². The highest BCUT2D eigenvalue weighted by atomic mass is 16.4. The number of carboxylic acid groups (broad SMARTS) is 1. The van der Waals surface area contributed by atoms with E-state index in [9.17, 15) is 9.59 Å². The van der Waals surface area contributed by atoms with E-state index in [1.807, 2.05) is 31.2 Å². The van der Waals surface area contributed by atoms with Crippen LogP contribution >= 0.6 is 0 Å². The molecule has 1 aromatic carbocycles. The Kier molecular flexibility index (Phi) is 5.36. The quantitative estimate of drug-likeness (QED) is 0.823. The number of aliphatic carboxylic acids is 1. The molecule has 1 heterocycles. The first-order chi connectivity index (χ1) is 10.5. The zero-order valence-electron chi connectivity index (χ0n) is 12.5. The Balaban J connectivity index is 1.79. The van der Waals surface area contributed by atoms with Gasteiger partial charge in [0.25, 0.3) is 0 Å². The van der Waals surface area contributed by atoms with E-state index >= 15 is 0 Å². The molecular weight excluding hydrogens is 282 g/mol. The minimum absolute atomic E-state index is 0.0765. The van der Waals surface area contributed by atoms with E-state index in [1.165, 1.54) is 0 Å². The molecule has 0 atom stereocenters. The Bertz CT molecular complexity index is 643. The van der Waals surface area contributed by atoms with Crippen molar-refractivity contribution in [3.8, 4) is 0 Å². The van der Waals surface area contributed by atoms with Crippen LogP contribution in [0.4, 0.5) is 5.69 Å². The topological polar surface area (TPSA) is 79.5 Å². The Morgan fingerprint density at radius 1 is 1.05 bits per heavy atom. The van der Waals surface area contributed by atoms with E-state index in [0.29, 0.717) is 24.9 Å². The van der Waals surface area contributed by atoms with E-state index < -0.39 is 5.97 Å². The fraction of sp³-hybridized carbons (Fsp3) is 0.294. The average Bonchev–Trinajstić information content (AvgIpc) is 2.90. The number of benzene rings is 1. The Hall–Kier alpha value is -2.56. The smallest absolute Gasteiger partial charge is 0.303 e. The molecule has 0 bridgehead atoms. The van der Waals surface area contributed by atoms with Crippen molar-refractivity contribution in [2.45, 2.75) is 32.6 Å². The van der Waals surface area contributed by atoms with Crippen molar-refractivity contribution < 1.29 is 19.1 Å². The number of nitrogens with one attached hydrogen (secondary N) is 1. The third-order valence-corrected chi connectivity index (χ3v) is 3.26. The summed E-state index contributed by atoms with van der Waals surface area (Å²) in [6, 6.07) is 11.0. The lowest BCUT2D eigenvalue weighted by atomic mass is 10.1. The molecule has 0 spiro atoms. The Morgan fingerprint density at radius 3 is 2.36 bits per heavy atom. The van der Waals surface area contributed by atoms with Crippen molar-refractivity contribution >= 4 is 17.6 Å². The van der Waals surface area contributed by atoms with Gasteiger partial charge in [0.15, 0.2) is 0 Å². The molecule has 116 valence electrons. The van der Waals surface area contributed by atoms with Crippen LogP contribution in [0.15, 0.2) is 40.8 Å². The van der Waals surface area contributed by atoms with E-state index in [4.69, 9.17) is 9.52 Å². The van der Waals surface area contributed by atoms with Crippen LogP contribution in [-0.2, 0) is 22.4 Å². The summed E-state index contributed by atoms with van der Waals surface area (Å²) in [4.78, 5) is 22.4. The Labute approximate surface area is 129 Å². The summed E-state index contributed by atoms with van der Waals surface area (Å²) in [6.45, 7) is 1.87. The fourth-order valence-electron chi connectivity index (χ4n) is 2.09. The van der Waals surface area contributed by atoms with Gasteiger partial charge in [0, 0.05) is 24.9 Å². The number of carbonyl (C=O) groups is 2. The van der Waals surface area contributed by atoms with Crippen LogP contribution < -0.4 is 5.32 Å². The van der Waals surface area contributed by atoms with Crippen molar-refractivity contribution in [2.75, 3.05) is 5.32 Å². The average molecular weight is 301 g/mol. The molecule has 0 aliphatic carbocycles. The summed E-state index contributed by atoms with van der Waals surface area (Å²) in [7, 11) is 0. The summed E-state index contributed by atoms with van der Waals surface area (Å²) in [5.74, 6) is 0.752. The van der Waals surface area contributed by atoms with E-state index in [1.54, 1.807) is 12.1 Å². The molecule has 0 aliphatic rings. The third kappa shape index (κ3) is 5.09. The van der Waals surface area contributed by atoms with Gasteiger partial charge in [-0.15, -0.1) is 0 Å². The number of hydrogen-bond acceptors (Lipinski definition) is 3. The van der Waals surface area contributed by atoms with Crippen LogP contribution in [0.3, 0.4) is 0 Å². The van der Waals surface area contributed by atoms with Gasteiger partial charge in [-0.1, -0.05) is 12.1 Å². The maximum Gasteiger partial charge on any atom is 0.303 e. The van der Waals surface area contributed by atoms with Gasteiger partial charge in [-0.3, -0.25) is 9.59 Å². The number of carbonyl (C=O) groups excluding carboxylic acids is 1. The minimum Gasteiger partial charge on any atom is -0.481 e. The van der Waals surface area contributed by atoms with E-state index in [0.717, 1.165) is 17.1 Å². The van der Waals surface area contributed by atoms with Gasteiger partial charge in [0.2, 0.25) is 5.91 Å². The van der Waals surface area contributed by atoms with Gasteiger partial charge in [0.05, 0.1) is 0 Å². The number of hydrogen-bond donors (Lipinski definition) is 2. The summed E-state index contributed by atoms with van der Waals surface area (Å²) < 4.78 is 5.42. The van der Waals surface area contributed by atoms with Crippen LogP contribution in [0, 0.1) is 6.92 Å². The maximum absolute atomic E-state index is 11.9. The molecule has 0 saturated heterocycles. The SMILES string of the molecule is Cc1ccc(CCC(=O)Nc2ccc(CCC(=O)O)cc2)o1. The molecule has 1 amide bonds. The lowest BCUT2D eigenvalue weighted by molar-refractivity contribution is -0.137. The van der Waals surface area contributed by atoms with Crippen molar-refractivity contribution in [1.29, 1.82) is 0 Å². The van der Waals surface area contributed by atoms with Crippen LogP contribution in [0.2, 0.25) is 0 Å².